The van der Waals surface area contributed by atoms with Crippen LogP contribution in [0.5, 0.6) is 11.6 Å². The summed E-state index contributed by atoms with van der Waals surface area (Å²) in [4.78, 5) is 19.3. The zero-order valence-corrected chi connectivity index (χ0v) is 16.1. The molecule has 2 aromatic carbocycles. The first kappa shape index (κ1) is 19.1. The lowest BCUT2D eigenvalue weighted by Crippen LogP contribution is -1.95. The van der Waals surface area contributed by atoms with Crippen LogP contribution in [-0.2, 0) is 0 Å². The zero-order valence-electron chi connectivity index (χ0n) is 16.1. The minimum absolute atomic E-state index is 0.0162. The molecule has 4 rings (SSSR count). The summed E-state index contributed by atoms with van der Waals surface area (Å²) < 4.78 is 16.0. The number of pyridine rings is 1. The Hall–Kier alpha value is -4.27. The Labute approximate surface area is 171 Å². The first-order chi connectivity index (χ1) is 14.6. The van der Waals surface area contributed by atoms with Crippen molar-refractivity contribution in [3.8, 4) is 45.7 Å². The maximum absolute atomic E-state index is 10.8. The minimum atomic E-state index is -0.469. The standard InChI is InChI=1S/C21H16N4O5/c1-28-16-5-3-4-14(12-16)18-11-10-17(21(22-18)29-2)19-23-20(30-24-19)13-6-8-15(9-7-13)25(26)27/h3-12H,1-2H3. The molecule has 2 aromatic heterocycles. The van der Waals surface area contributed by atoms with Crippen LogP contribution in [0.1, 0.15) is 0 Å². The lowest BCUT2D eigenvalue weighted by Gasteiger charge is -2.08. The Morgan fingerprint density at radius 2 is 1.73 bits per heavy atom. The molecular weight excluding hydrogens is 388 g/mol. The smallest absolute Gasteiger partial charge is 0.269 e. The number of nitro groups is 1. The van der Waals surface area contributed by atoms with Gasteiger partial charge in [0.25, 0.3) is 11.6 Å². The van der Waals surface area contributed by atoms with Crippen molar-refractivity contribution in [1.29, 1.82) is 0 Å². The van der Waals surface area contributed by atoms with Gasteiger partial charge in [0.05, 0.1) is 30.4 Å². The van der Waals surface area contributed by atoms with E-state index < -0.39 is 4.92 Å². The number of benzene rings is 2. The number of hydrogen-bond donors (Lipinski definition) is 0. The quantitative estimate of drug-likeness (QED) is 0.343. The Morgan fingerprint density at radius 3 is 2.43 bits per heavy atom. The molecule has 9 heteroatoms. The normalized spacial score (nSPS) is 10.6. The molecule has 2 heterocycles. The zero-order chi connectivity index (χ0) is 21.1. The van der Waals surface area contributed by atoms with Gasteiger partial charge in [0.15, 0.2) is 0 Å². The van der Waals surface area contributed by atoms with Crippen molar-refractivity contribution >= 4 is 5.69 Å². The summed E-state index contributed by atoms with van der Waals surface area (Å²) in [6.45, 7) is 0. The Morgan fingerprint density at radius 1 is 0.933 bits per heavy atom. The molecule has 150 valence electrons. The first-order valence-corrected chi connectivity index (χ1v) is 8.87. The van der Waals surface area contributed by atoms with E-state index in [9.17, 15) is 10.1 Å². The number of rotatable bonds is 6. The van der Waals surface area contributed by atoms with Crippen LogP contribution in [0.3, 0.4) is 0 Å². The number of nitrogens with zero attached hydrogens (tertiary/aromatic N) is 4. The van der Waals surface area contributed by atoms with E-state index in [0.717, 1.165) is 11.3 Å². The molecule has 0 saturated carbocycles. The topological polar surface area (TPSA) is 113 Å². The molecule has 0 amide bonds. The molecule has 0 aliphatic carbocycles. The van der Waals surface area contributed by atoms with E-state index in [1.807, 2.05) is 30.3 Å². The van der Waals surface area contributed by atoms with Gasteiger partial charge in [-0.3, -0.25) is 10.1 Å². The summed E-state index contributed by atoms with van der Waals surface area (Å²) in [6, 6.07) is 17.0. The Balaban J connectivity index is 1.66. The fraction of sp³-hybridized carbons (Fsp3) is 0.0952. The van der Waals surface area contributed by atoms with Crippen molar-refractivity contribution in [3.63, 3.8) is 0 Å². The highest BCUT2D eigenvalue weighted by Gasteiger charge is 2.17. The summed E-state index contributed by atoms with van der Waals surface area (Å²) in [5, 5.41) is 14.8. The number of ether oxygens (including phenoxy) is 2. The molecule has 0 spiro atoms. The van der Waals surface area contributed by atoms with Gasteiger partial charge in [-0.25, -0.2) is 4.98 Å². The molecule has 0 aliphatic heterocycles. The largest absolute Gasteiger partial charge is 0.497 e. The maximum atomic E-state index is 10.8. The molecule has 0 N–H and O–H groups in total. The van der Waals surface area contributed by atoms with Crippen molar-refractivity contribution in [1.82, 2.24) is 15.1 Å². The van der Waals surface area contributed by atoms with Crippen LogP contribution in [0.4, 0.5) is 5.69 Å². The highest BCUT2D eigenvalue weighted by atomic mass is 16.6. The highest BCUT2D eigenvalue weighted by Crippen LogP contribution is 2.32. The van der Waals surface area contributed by atoms with Crippen molar-refractivity contribution in [2.45, 2.75) is 0 Å². The number of non-ortho nitro benzene ring substituents is 1. The van der Waals surface area contributed by atoms with E-state index in [1.165, 1.54) is 19.2 Å². The third-order valence-corrected chi connectivity index (χ3v) is 4.41. The van der Waals surface area contributed by atoms with Crippen LogP contribution in [0.2, 0.25) is 0 Å². The average Bonchev–Trinajstić information content (AvgIpc) is 3.28. The van der Waals surface area contributed by atoms with Crippen LogP contribution in [0.25, 0.3) is 34.1 Å². The molecule has 0 radical (unpaired) electrons. The van der Waals surface area contributed by atoms with Crippen molar-refractivity contribution in [2.24, 2.45) is 0 Å². The minimum Gasteiger partial charge on any atom is -0.497 e. The van der Waals surface area contributed by atoms with Crippen molar-refractivity contribution < 1.29 is 18.9 Å². The van der Waals surface area contributed by atoms with Gasteiger partial charge in [0.1, 0.15) is 5.75 Å². The predicted molar refractivity (Wildman–Crippen MR) is 108 cm³/mol. The van der Waals surface area contributed by atoms with Gasteiger partial charge < -0.3 is 14.0 Å². The lowest BCUT2D eigenvalue weighted by atomic mass is 10.1. The fourth-order valence-electron chi connectivity index (χ4n) is 2.89. The van der Waals surface area contributed by atoms with E-state index in [0.29, 0.717) is 28.5 Å². The molecular formula is C21H16N4O5. The number of methoxy groups -OCH3 is 2. The van der Waals surface area contributed by atoms with Crippen molar-refractivity contribution in [3.05, 3.63) is 70.8 Å². The molecule has 0 unspecified atom stereocenters. The third-order valence-electron chi connectivity index (χ3n) is 4.41. The molecule has 0 saturated heterocycles. The Bertz CT molecular complexity index is 1200. The summed E-state index contributed by atoms with van der Waals surface area (Å²) >= 11 is 0. The van der Waals surface area contributed by atoms with Gasteiger partial charge in [-0.05, 0) is 36.4 Å². The fourth-order valence-corrected chi connectivity index (χ4v) is 2.89. The van der Waals surface area contributed by atoms with Gasteiger partial charge >= 0.3 is 0 Å². The van der Waals surface area contributed by atoms with Crippen LogP contribution in [-0.4, -0.2) is 34.3 Å². The van der Waals surface area contributed by atoms with Gasteiger partial charge in [-0.2, -0.15) is 4.98 Å². The number of hydrogen-bond acceptors (Lipinski definition) is 8. The molecule has 0 aliphatic rings. The summed E-state index contributed by atoms with van der Waals surface area (Å²) in [5.41, 5.74) is 2.69. The second-order valence-electron chi connectivity index (χ2n) is 6.21. The molecule has 0 bridgehead atoms. The molecule has 4 aromatic rings. The number of nitro benzene ring substituents is 1. The maximum Gasteiger partial charge on any atom is 0.269 e. The average molecular weight is 404 g/mol. The molecule has 0 fully saturated rings. The van der Waals surface area contributed by atoms with Crippen LogP contribution >= 0.6 is 0 Å². The van der Waals surface area contributed by atoms with E-state index in [2.05, 4.69) is 15.1 Å². The predicted octanol–water partition coefficient (Wildman–Crippen LogP) is 4.39. The second-order valence-corrected chi connectivity index (χ2v) is 6.21. The van der Waals surface area contributed by atoms with E-state index in [4.69, 9.17) is 14.0 Å². The van der Waals surface area contributed by atoms with Gasteiger partial charge in [-0.1, -0.05) is 17.3 Å². The molecule has 9 nitrogen and oxygen atoms in total. The molecule has 30 heavy (non-hydrogen) atoms. The van der Waals surface area contributed by atoms with Gasteiger partial charge in [0.2, 0.25) is 11.7 Å². The number of aromatic nitrogens is 3. The second kappa shape index (κ2) is 8.00. The van der Waals surface area contributed by atoms with Gasteiger partial charge in [-0.15, -0.1) is 0 Å². The third kappa shape index (κ3) is 3.68. The molecule has 0 atom stereocenters. The first-order valence-electron chi connectivity index (χ1n) is 8.87. The lowest BCUT2D eigenvalue weighted by molar-refractivity contribution is -0.384. The Kier molecular flexibility index (Phi) is 5.08. The highest BCUT2D eigenvalue weighted by molar-refractivity contribution is 5.69. The SMILES string of the molecule is COc1cccc(-c2ccc(-c3noc(-c4ccc([N+](=O)[O-])cc4)n3)c(OC)n2)c1. The van der Waals surface area contributed by atoms with E-state index in [-0.39, 0.29) is 11.6 Å². The van der Waals surface area contributed by atoms with Crippen LogP contribution in [0, 0.1) is 10.1 Å². The van der Waals surface area contributed by atoms with Crippen LogP contribution in [0.15, 0.2) is 65.2 Å². The summed E-state index contributed by atoms with van der Waals surface area (Å²) in [6.07, 6.45) is 0. The van der Waals surface area contributed by atoms with E-state index in [1.54, 1.807) is 25.3 Å². The summed E-state index contributed by atoms with van der Waals surface area (Å²) in [7, 11) is 3.12. The summed E-state index contributed by atoms with van der Waals surface area (Å²) in [5.74, 6) is 1.60. The monoisotopic (exact) mass is 404 g/mol. The van der Waals surface area contributed by atoms with E-state index >= 15 is 0 Å². The van der Waals surface area contributed by atoms with Crippen LogP contribution < -0.4 is 9.47 Å². The van der Waals surface area contributed by atoms with Gasteiger partial charge in [0, 0.05) is 23.3 Å². The van der Waals surface area contributed by atoms with Crippen molar-refractivity contribution in [2.75, 3.05) is 14.2 Å².